The summed E-state index contributed by atoms with van der Waals surface area (Å²) in [5.74, 6) is 0.872. The summed E-state index contributed by atoms with van der Waals surface area (Å²) in [6.45, 7) is 8.04. The molecule has 0 fully saturated rings. The highest BCUT2D eigenvalue weighted by molar-refractivity contribution is 6.03. The van der Waals surface area contributed by atoms with Crippen LogP contribution in [0.3, 0.4) is 0 Å². The van der Waals surface area contributed by atoms with Gasteiger partial charge >= 0.3 is 0 Å². The Morgan fingerprint density at radius 2 is 1.86 bits per heavy atom. The van der Waals surface area contributed by atoms with E-state index in [1.807, 2.05) is 51.1 Å². The summed E-state index contributed by atoms with van der Waals surface area (Å²) in [4.78, 5) is 21.2. The van der Waals surface area contributed by atoms with Crippen molar-refractivity contribution in [3.8, 4) is 5.75 Å². The van der Waals surface area contributed by atoms with Crippen molar-refractivity contribution >= 4 is 23.1 Å². The SMILES string of the molecule is CCc1cccc(C)c1Nc1cnc(C(=O)Nc2ccccc2OC(C)C)cn1. The van der Waals surface area contributed by atoms with Crippen LogP contribution in [0.4, 0.5) is 17.2 Å². The van der Waals surface area contributed by atoms with Crippen LogP contribution in [0, 0.1) is 6.92 Å². The summed E-state index contributed by atoms with van der Waals surface area (Å²) >= 11 is 0. The van der Waals surface area contributed by atoms with Gasteiger partial charge in [-0.25, -0.2) is 9.97 Å². The number of hydrogen-bond acceptors (Lipinski definition) is 5. The Morgan fingerprint density at radius 3 is 2.55 bits per heavy atom. The van der Waals surface area contributed by atoms with Gasteiger partial charge in [0.2, 0.25) is 0 Å². The molecule has 0 unspecified atom stereocenters. The minimum Gasteiger partial charge on any atom is -0.489 e. The second-order valence-electron chi connectivity index (χ2n) is 6.99. The van der Waals surface area contributed by atoms with Gasteiger partial charge in [-0.15, -0.1) is 0 Å². The van der Waals surface area contributed by atoms with Gasteiger partial charge < -0.3 is 15.4 Å². The maximum Gasteiger partial charge on any atom is 0.275 e. The zero-order valence-electron chi connectivity index (χ0n) is 17.2. The molecule has 0 saturated heterocycles. The molecule has 1 amide bonds. The molecule has 0 radical (unpaired) electrons. The first-order valence-corrected chi connectivity index (χ1v) is 9.72. The van der Waals surface area contributed by atoms with Crippen LogP contribution in [0.15, 0.2) is 54.9 Å². The largest absolute Gasteiger partial charge is 0.489 e. The molecule has 150 valence electrons. The number of nitrogens with one attached hydrogen (secondary N) is 2. The molecule has 0 spiro atoms. The van der Waals surface area contributed by atoms with Gasteiger partial charge in [0, 0.05) is 5.69 Å². The second kappa shape index (κ2) is 9.19. The summed E-state index contributed by atoms with van der Waals surface area (Å²) in [6.07, 6.45) is 3.95. The lowest BCUT2D eigenvalue weighted by atomic mass is 10.1. The molecule has 2 N–H and O–H groups in total. The number of aromatic nitrogens is 2. The summed E-state index contributed by atoms with van der Waals surface area (Å²) in [6, 6.07) is 13.5. The van der Waals surface area contributed by atoms with Crippen molar-refractivity contribution in [2.24, 2.45) is 0 Å². The number of para-hydroxylation sites is 3. The van der Waals surface area contributed by atoms with Crippen LogP contribution < -0.4 is 15.4 Å². The Morgan fingerprint density at radius 1 is 1.07 bits per heavy atom. The van der Waals surface area contributed by atoms with E-state index in [2.05, 4.69) is 33.6 Å². The van der Waals surface area contributed by atoms with Crippen molar-refractivity contribution in [3.05, 3.63) is 71.7 Å². The number of benzene rings is 2. The lowest BCUT2D eigenvalue weighted by Gasteiger charge is -2.15. The van der Waals surface area contributed by atoms with Crippen LogP contribution in [-0.2, 0) is 6.42 Å². The van der Waals surface area contributed by atoms with Crippen molar-refractivity contribution in [3.63, 3.8) is 0 Å². The molecule has 0 aliphatic heterocycles. The molecule has 0 saturated carbocycles. The number of hydrogen-bond donors (Lipinski definition) is 2. The van der Waals surface area contributed by atoms with Gasteiger partial charge in [0.15, 0.2) is 0 Å². The number of ether oxygens (including phenoxy) is 1. The van der Waals surface area contributed by atoms with E-state index in [9.17, 15) is 4.79 Å². The third-order valence-corrected chi connectivity index (χ3v) is 4.38. The topological polar surface area (TPSA) is 76.1 Å². The molecule has 0 atom stereocenters. The van der Waals surface area contributed by atoms with E-state index in [4.69, 9.17) is 4.74 Å². The molecule has 29 heavy (non-hydrogen) atoms. The minimum absolute atomic E-state index is 0.00709. The lowest BCUT2D eigenvalue weighted by Crippen LogP contribution is -2.16. The van der Waals surface area contributed by atoms with Crippen LogP contribution in [0.5, 0.6) is 5.75 Å². The van der Waals surface area contributed by atoms with E-state index in [-0.39, 0.29) is 17.7 Å². The van der Waals surface area contributed by atoms with E-state index in [0.717, 1.165) is 17.7 Å². The maximum atomic E-state index is 12.6. The minimum atomic E-state index is -0.339. The molecule has 0 aliphatic rings. The van der Waals surface area contributed by atoms with Crippen molar-refractivity contribution in [2.75, 3.05) is 10.6 Å². The summed E-state index contributed by atoms with van der Waals surface area (Å²) in [5.41, 5.74) is 4.20. The molecule has 6 nitrogen and oxygen atoms in total. The lowest BCUT2D eigenvalue weighted by molar-refractivity contribution is 0.102. The van der Waals surface area contributed by atoms with Gasteiger partial charge in [0.1, 0.15) is 17.3 Å². The highest BCUT2D eigenvalue weighted by Gasteiger charge is 2.13. The van der Waals surface area contributed by atoms with Crippen molar-refractivity contribution in [1.29, 1.82) is 0 Å². The van der Waals surface area contributed by atoms with Crippen LogP contribution in [0.25, 0.3) is 0 Å². The Labute approximate surface area is 171 Å². The van der Waals surface area contributed by atoms with Crippen molar-refractivity contribution in [1.82, 2.24) is 9.97 Å². The number of rotatable bonds is 7. The van der Waals surface area contributed by atoms with E-state index in [0.29, 0.717) is 17.3 Å². The number of nitrogens with zero attached hydrogens (tertiary/aromatic N) is 2. The molecule has 2 aromatic carbocycles. The molecule has 1 aromatic heterocycles. The fourth-order valence-electron chi connectivity index (χ4n) is 2.95. The normalized spacial score (nSPS) is 10.7. The number of aryl methyl sites for hydroxylation is 2. The highest BCUT2D eigenvalue weighted by Crippen LogP contribution is 2.26. The van der Waals surface area contributed by atoms with Crippen LogP contribution in [-0.4, -0.2) is 22.0 Å². The molecule has 6 heteroatoms. The third kappa shape index (κ3) is 5.10. The number of carbonyl (C=O) groups excluding carboxylic acids is 1. The fraction of sp³-hybridized carbons (Fsp3) is 0.261. The highest BCUT2D eigenvalue weighted by atomic mass is 16.5. The van der Waals surface area contributed by atoms with Gasteiger partial charge in [0.05, 0.1) is 24.2 Å². The van der Waals surface area contributed by atoms with Crippen LogP contribution in [0.2, 0.25) is 0 Å². The van der Waals surface area contributed by atoms with Gasteiger partial charge in [-0.3, -0.25) is 4.79 Å². The Balaban J connectivity index is 1.73. The van der Waals surface area contributed by atoms with E-state index in [1.165, 1.54) is 11.8 Å². The smallest absolute Gasteiger partial charge is 0.275 e. The summed E-state index contributed by atoms with van der Waals surface area (Å²) in [7, 11) is 0. The van der Waals surface area contributed by atoms with E-state index < -0.39 is 0 Å². The number of amides is 1. The molecular formula is C23H26N4O2. The Kier molecular flexibility index (Phi) is 6.44. The first-order valence-electron chi connectivity index (χ1n) is 9.72. The fourth-order valence-corrected chi connectivity index (χ4v) is 2.95. The molecule has 3 aromatic rings. The average Bonchev–Trinajstić information content (AvgIpc) is 2.71. The standard InChI is InChI=1S/C23H26N4O2/c1-5-17-10-8-9-16(4)22(17)27-21-14-24-19(13-25-21)23(28)26-18-11-6-7-12-20(18)29-15(2)3/h6-15H,5H2,1-4H3,(H,25,27)(H,26,28). The van der Waals surface area contributed by atoms with Crippen molar-refractivity contribution < 1.29 is 9.53 Å². The van der Waals surface area contributed by atoms with E-state index >= 15 is 0 Å². The van der Waals surface area contributed by atoms with Crippen LogP contribution >= 0.6 is 0 Å². The Bertz CT molecular complexity index is 984. The predicted octanol–water partition coefficient (Wildman–Crippen LogP) is 5.13. The van der Waals surface area contributed by atoms with Gasteiger partial charge in [-0.1, -0.05) is 37.3 Å². The molecule has 3 rings (SSSR count). The van der Waals surface area contributed by atoms with Crippen LogP contribution in [0.1, 0.15) is 42.4 Å². The van der Waals surface area contributed by atoms with Gasteiger partial charge in [-0.2, -0.15) is 0 Å². The summed E-state index contributed by atoms with van der Waals surface area (Å²) < 4.78 is 5.74. The maximum absolute atomic E-state index is 12.6. The Hall–Kier alpha value is -3.41. The molecular weight excluding hydrogens is 364 g/mol. The third-order valence-electron chi connectivity index (χ3n) is 4.38. The zero-order chi connectivity index (χ0) is 20.8. The average molecular weight is 390 g/mol. The molecule has 1 heterocycles. The predicted molar refractivity (Wildman–Crippen MR) is 116 cm³/mol. The molecule has 0 aliphatic carbocycles. The van der Waals surface area contributed by atoms with Gasteiger partial charge in [-0.05, 0) is 50.5 Å². The monoisotopic (exact) mass is 390 g/mol. The summed E-state index contributed by atoms with van der Waals surface area (Å²) in [5, 5.41) is 6.15. The number of anilines is 3. The first-order chi connectivity index (χ1) is 14.0. The van der Waals surface area contributed by atoms with E-state index in [1.54, 1.807) is 12.3 Å². The zero-order valence-corrected chi connectivity index (χ0v) is 17.2. The first kappa shape index (κ1) is 20.3. The molecule has 0 bridgehead atoms. The number of carbonyl (C=O) groups is 1. The quantitative estimate of drug-likeness (QED) is 0.585. The second-order valence-corrected chi connectivity index (χ2v) is 6.99. The van der Waals surface area contributed by atoms with Gasteiger partial charge in [0.25, 0.3) is 5.91 Å². The van der Waals surface area contributed by atoms with Crippen molar-refractivity contribution in [2.45, 2.75) is 40.2 Å².